The number of unbranched alkanes of at least 4 members (excludes halogenated alkanes) is 1. The van der Waals surface area contributed by atoms with Gasteiger partial charge in [0.05, 0.1) is 17.2 Å². The van der Waals surface area contributed by atoms with Crippen molar-refractivity contribution >= 4 is 34.1 Å². The van der Waals surface area contributed by atoms with Crippen LogP contribution in [0.25, 0.3) is 17.3 Å². The maximum atomic E-state index is 12.2. The molecule has 7 nitrogen and oxygen atoms in total. The number of ether oxygens (including phenoxy) is 1. The van der Waals surface area contributed by atoms with Gasteiger partial charge >= 0.3 is 0 Å². The van der Waals surface area contributed by atoms with Crippen LogP contribution < -0.4 is 10.1 Å². The first-order valence-electron chi connectivity index (χ1n) is 9.47. The topological polar surface area (TPSA) is 94.4 Å². The van der Waals surface area contributed by atoms with Crippen molar-refractivity contribution < 1.29 is 14.5 Å². The van der Waals surface area contributed by atoms with Gasteiger partial charge < -0.3 is 4.74 Å². The zero-order chi connectivity index (χ0) is 21.3. The van der Waals surface area contributed by atoms with E-state index >= 15 is 0 Å². The molecule has 0 bridgehead atoms. The SMILES string of the molecule is CCCCOc1ccc(C=CC(=O)Nc2nc(-c3cccc([N+](=O)[O-])c3)cs2)cc1. The molecule has 3 aromatic rings. The predicted octanol–water partition coefficient (Wildman–Crippen LogP) is 5.55. The lowest BCUT2D eigenvalue weighted by molar-refractivity contribution is -0.384. The second-order valence-electron chi connectivity index (χ2n) is 6.44. The highest BCUT2D eigenvalue weighted by Crippen LogP contribution is 2.27. The summed E-state index contributed by atoms with van der Waals surface area (Å²) in [5.74, 6) is 0.500. The van der Waals surface area contributed by atoms with Crippen molar-refractivity contribution in [1.29, 1.82) is 0 Å². The van der Waals surface area contributed by atoms with E-state index in [9.17, 15) is 14.9 Å². The summed E-state index contributed by atoms with van der Waals surface area (Å²) in [5, 5.41) is 15.8. The number of carbonyl (C=O) groups is 1. The molecular formula is C22H21N3O4S. The highest BCUT2D eigenvalue weighted by Gasteiger charge is 2.10. The molecule has 0 radical (unpaired) electrons. The van der Waals surface area contributed by atoms with Gasteiger partial charge in [-0.3, -0.25) is 20.2 Å². The summed E-state index contributed by atoms with van der Waals surface area (Å²) < 4.78 is 5.62. The van der Waals surface area contributed by atoms with Crippen molar-refractivity contribution in [3.05, 3.63) is 75.7 Å². The molecule has 1 aromatic heterocycles. The number of nitro benzene ring substituents is 1. The molecule has 0 atom stereocenters. The second kappa shape index (κ2) is 10.3. The average molecular weight is 423 g/mol. The number of amides is 1. The lowest BCUT2D eigenvalue weighted by atomic mass is 10.1. The van der Waals surface area contributed by atoms with Gasteiger partial charge in [0, 0.05) is 29.2 Å². The zero-order valence-corrected chi connectivity index (χ0v) is 17.2. The lowest BCUT2D eigenvalue weighted by Gasteiger charge is -2.05. The van der Waals surface area contributed by atoms with Gasteiger partial charge in [0.25, 0.3) is 5.69 Å². The smallest absolute Gasteiger partial charge is 0.270 e. The van der Waals surface area contributed by atoms with Crippen LogP contribution in [-0.4, -0.2) is 22.4 Å². The number of nitro groups is 1. The summed E-state index contributed by atoms with van der Waals surface area (Å²) in [6.45, 7) is 2.81. The van der Waals surface area contributed by atoms with Crippen LogP contribution in [0.4, 0.5) is 10.8 Å². The summed E-state index contributed by atoms with van der Waals surface area (Å²) in [7, 11) is 0. The number of rotatable bonds is 9. The van der Waals surface area contributed by atoms with Gasteiger partial charge in [-0.25, -0.2) is 4.98 Å². The minimum absolute atomic E-state index is 0.00389. The third kappa shape index (κ3) is 5.99. The number of aromatic nitrogens is 1. The molecule has 0 spiro atoms. The van der Waals surface area contributed by atoms with E-state index in [0.29, 0.717) is 23.0 Å². The summed E-state index contributed by atoms with van der Waals surface area (Å²) in [6.07, 6.45) is 5.24. The van der Waals surface area contributed by atoms with Crippen molar-refractivity contribution in [2.24, 2.45) is 0 Å². The van der Waals surface area contributed by atoms with Crippen molar-refractivity contribution in [3.8, 4) is 17.0 Å². The number of anilines is 1. The van der Waals surface area contributed by atoms with Crippen molar-refractivity contribution in [2.45, 2.75) is 19.8 Å². The first-order valence-corrected chi connectivity index (χ1v) is 10.4. The second-order valence-corrected chi connectivity index (χ2v) is 7.30. The van der Waals surface area contributed by atoms with Crippen LogP contribution >= 0.6 is 11.3 Å². The molecule has 154 valence electrons. The Bertz CT molecular complexity index is 1040. The van der Waals surface area contributed by atoms with Gasteiger partial charge in [-0.15, -0.1) is 11.3 Å². The van der Waals surface area contributed by atoms with Crippen molar-refractivity contribution in [1.82, 2.24) is 4.98 Å². The van der Waals surface area contributed by atoms with Crippen molar-refractivity contribution in [2.75, 3.05) is 11.9 Å². The molecule has 1 heterocycles. The van der Waals surface area contributed by atoms with E-state index in [1.165, 1.54) is 29.5 Å². The van der Waals surface area contributed by atoms with Crippen LogP contribution in [0.5, 0.6) is 5.75 Å². The third-order valence-electron chi connectivity index (χ3n) is 4.16. The molecule has 0 unspecified atom stereocenters. The number of non-ortho nitro benzene ring substituents is 1. The molecule has 0 saturated carbocycles. The fourth-order valence-electron chi connectivity index (χ4n) is 2.57. The molecule has 0 saturated heterocycles. The molecule has 1 N–H and O–H groups in total. The van der Waals surface area contributed by atoms with Gasteiger partial charge in [-0.05, 0) is 30.2 Å². The van der Waals surface area contributed by atoms with Gasteiger partial charge in [-0.2, -0.15) is 0 Å². The predicted molar refractivity (Wildman–Crippen MR) is 119 cm³/mol. The molecule has 30 heavy (non-hydrogen) atoms. The minimum Gasteiger partial charge on any atom is -0.494 e. The number of nitrogens with zero attached hydrogens (tertiary/aromatic N) is 2. The van der Waals surface area contributed by atoms with E-state index in [1.54, 1.807) is 23.6 Å². The first-order chi connectivity index (χ1) is 14.5. The van der Waals surface area contributed by atoms with E-state index < -0.39 is 4.92 Å². The van der Waals surface area contributed by atoms with Crippen LogP contribution in [0, 0.1) is 10.1 Å². The molecule has 0 fully saturated rings. The highest BCUT2D eigenvalue weighted by molar-refractivity contribution is 7.14. The maximum absolute atomic E-state index is 12.2. The largest absolute Gasteiger partial charge is 0.494 e. The number of benzene rings is 2. The van der Waals surface area contributed by atoms with Gasteiger partial charge in [0.1, 0.15) is 5.75 Å². The molecule has 1 amide bonds. The van der Waals surface area contributed by atoms with Crippen LogP contribution in [-0.2, 0) is 4.79 Å². The number of hydrogen-bond acceptors (Lipinski definition) is 6. The number of hydrogen-bond donors (Lipinski definition) is 1. The lowest BCUT2D eigenvalue weighted by Crippen LogP contribution is -2.07. The summed E-state index contributed by atoms with van der Waals surface area (Å²) in [4.78, 5) is 27.0. The van der Waals surface area contributed by atoms with E-state index in [4.69, 9.17) is 4.74 Å². The Morgan fingerprint density at radius 1 is 1.27 bits per heavy atom. The number of thiazole rings is 1. The Labute approximate surface area is 178 Å². The zero-order valence-electron chi connectivity index (χ0n) is 16.4. The van der Waals surface area contributed by atoms with Crippen LogP contribution in [0.2, 0.25) is 0 Å². The van der Waals surface area contributed by atoms with Crippen LogP contribution in [0.15, 0.2) is 60.0 Å². The van der Waals surface area contributed by atoms with Crippen LogP contribution in [0.3, 0.4) is 0 Å². The van der Waals surface area contributed by atoms with E-state index in [-0.39, 0.29) is 11.6 Å². The quantitative estimate of drug-likeness (QED) is 0.211. The molecular weight excluding hydrogens is 402 g/mol. The molecule has 2 aromatic carbocycles. The Morgan fingerprint density at radius 3 is 2.80 bits per heavy atom. The monoisotopic (exact) mass is 423 g/mol. The van der Waals surface area contributed by atoms with Gasteiger partial charge in [0.15, 0.2) is 5.13 Å². The van der Waals surface area contributed by atoms with E-state index in [2.05, 4.69) is 17.2 Å². The molecule has 3 rings (SSSR count). The van der Waals surface area contributed by atoms with Crippen molar-refractivity contribution in [3.63, 3.8) is 0 Å². The standard InChI is InChI=1S/C22H21N3O4S/c1-2-3-13-29-19-10-7-16(8-11-19)9-12-21(26)24-22-23-20(15-30-22)17-5-4-6-18(14-17)25(27)28/h4-12,14-15H,2-3,13H2,1H3,(H,23,24,26). The highest BCUT2D eigenvalue weighted by atomic mass is 32.1. The van der Waals surface area contributed by atoms with E-state index in [0.717, 1.165) is 24.2 Å². The van der Waals surface area contributed by atoms with Gasteiger partial charge in [-0.1, -0.05) is 37.6 Å². The van der Waals surface area contributed by atoms with Crippen LogP contribution in [0.1, 0.15) is 25.3 Å². The third-order valence-corrected chi connectivity index (χ3v) is 4.92. The maximum Gasteiger partial charge on any atom is 0.270 e. The van der Waals surface area contributed by atoms with E-state index in [1.807, 2.05) is 24.3 Å². The molecule has 0 aliphatic carbocycles. The fourth-order valence-corrected chi connectivity index (χ4v) is 3.29. The Morgan fingerprint density at radius 2 is 2.07 bits per heavy atom. The Balaban J connectivity index is 1.58. The number of carbonyl (C=O) groups excluding carboxylic acids is 1. The average Bonchev–Trinajstić information content (AvgIpc) is 3.22. The van der Waals surface area contributed by atoms with Gasteiger partial charge in [0.2, 0.25) is 5.91 Å². The minimum atomic E-state index is -0.451. The fraction of sp³-hybridized carbons (Fsp3) is 0.182. The Hall–Kier alpha value is -3.52. The normalized spacial score (nSPS) is 10.8. The molecule has 0 aliphatic heterocycles. The summed E-state index contributed by atoms with van der Waals surface area (Å²) >= 11 is 1.26. The number of nitrogens with one attached hydrogen (secondary N) is 1. The first kappa shape index (κ1) is 21.2. The Kier molecular flexibility index (Phi) is 7.29. The summed E-state index contributed by atoms with van der Waals surface area (Å²) in [6, 6.07) is 13.7. The summed E-state index contributed by atoms with van der Waals surface area (Å²) in [5.41, 5.74) is 2.07. The molecule has 0 aliphatic rings. The molecule has 8 heteroatoms.